The monoisotopic (exact) mass is 253 g/mol. The van der Waals surface area contributed by atoms with E-state index >= 15 is 0 Å². The van der Waals surface area contributed by atoms with E-state index in [1.54, 1.807) is 0 Å². The first-order chi connectivity index (χ1) is 8.67. The van der Waals surface area contributed by atoms with Gasteiger partial charge in [0.2, 0.25) is 5.91 Å². The molecule has 2 saturated carbocycles. The molecule has 0 atom stereocenters. The molecule has 0 aromatic carbocycles. The molecule has 3 heteroatoms. The molecular weight excluding hydrogens is 226 g/mol. The number of carbonyl (C=O) groups is 1. The first kappa shape index (κ1) is 13.9. The fourth-order valence-corrected chi connectivity index (χ4v) is 3.67. The van der Waals surface area contributed by atoms with Crippen LogP contribution < -0.4 is 0 Å². The van der Waals surface area contributed by atoms with Crippen LogP contribution in [0.15, 0.2) is 0 Å². The zero-order valence-corrected chi connectivity index (χ0v) is 11.7. The first-order valence-electron chi connectivity index (χ1n) is 7.59. The largest absolute Gasteiger partial charge is 0.395 e. The lowest BCUT2D eigenvalue weighted by molar-refractivity contribution is -0.146. The quantitative estimate of drug-likeness (QED) is 0.837. The molecule has 0 radical (unpaired) electrons. The Morgan fingerprint density at radius 1 is 1.17 bits per heavy atom. The van der Waals surface area contributed by atoms with E-state index in [1.165, 1.54) is 32.1 Å². The molecule has 18 heavy (non-hydrogen) atoms. The number of aliphatic hydroxyl groups excluding tert-OH is 1. The van der Waals surface area contributed by atoms with Gasteiger partial charge in [0.05, 0.1) is 6.61 Å². The number of rotatable bonds is 4. The average molecular weight is 253 g/mol. The van der Waals surface area contributed by atoms with Gasteiger partial charge >= 0.3 is 0 Å². The van der Waals surface area contributed by atoms with Gasteiger partial charge in [0.25, 0.3) is 0 Å². The third-order valence-corrected chi connectivity index (χ3v) is 4.84. The van der Waals surface area contributed by atoms with Crippen molar-refractivity contribution in [1.29, 1.82) is 0 Å². The number of hydrogen-bond donors (Lipinski definition) is 1. The van der Waals surface area contributed by atoms with E-state index in [0.717, 1.165) is 25.7 Å². The molecule has 0 aliphatic heterocycles. The molecule has 2 fully saturated rings. The van der Waals surface area contributed by atoms with E-state index in [0.29, 0.717) is 18.5 Å². The van der Waals surface area contributed by atoms with Crippen LogP contribution in [0.3, 0.4) is 0 Å². The molecule has 0 unspecified atom stereocenters. The lowest BCUT2D eigenvalue weighted by atomic mass is 9.74. The number of amides is 1. The second kappa shape index (κ2) is 6.05. The molecule has 0 bridgehead atoms. The van der Waals surface area contributed by atoms with E-state index in [9.17, 15) is 9.90 Å². The van der Waals surface area contributed by atoms with Gasteiger partial charge in [-0.25, -0.2) is 0 Å². The van der Waals surface area contributed by atoms with Crippen molar-refractivity contribution in [3.8, 4) is 0 Å². The van der Waals surface area contributed by atoms with Crippen molar-refractivity contribution in [2.24, 2.45) is 5.41 Å². The second-order valence-electron chi connectivity index (χ2n) is 6.28. The third kappa shape index (κ3) is 2.87. The highest BCUT2D eigenvalue weighted by Gasteiger charge is 2.39. The molecule has 2 aliphatic rings. The van der Waals surface area contributed by atoms with Gasteiger partial charge in [0.1, 0.15) is 0 Å². The topological polar surface area (TPSA) is 40.5 Å². The summed E-state index contributed by atoms with van der Waals surface area (Å²) in [6, 6.07) is 0.392. The molecule has 0 aromatic heterocycles. The van der Waals surface area contributed by atoms with Crippen molar-refractivity contribution in [2.75, 3.05) is 13.2 Å². The minimum atomic E-state index is -0.157. The van der Waals surface area contributed by atoms with Gasteiger partial charge in [0, 0.05) is 18.0 Å². The molecule has 0 heterocycles. The van der Waals surface area contributed by atoms with E-state index < -0.39 is 0 Å². The van der Waals surface area contributed by atoms with Crippen molar-refractivity contribution in [1.82, 2.24) is 4.90 Å². The van der Waals surface area contributed by atoms with E-state index in [-0.39, 0.29) is 12.0 Å². The Balaban J connectivity index is 2.06. The van der Waals surface area contributed by atoms with E-state index in [4.69, 9.17) is 0 Å². The molecule has 104 valence electrons. The summed E-state index contributed by atoms with van der Waals surface area (Å²) in [6.45, 7) is 2.76. The van der Waals surface area contributed by atoms with Crippen molar-refractivity contribution in [3.05, 3.63) is 0 Å². The number of hydrogen-bond acceptors (Lipinski definition) is 2. The molecule has 0 aromatic rings. The van der Waals surface area contributed by atoms with Crippen molar-refractivity contribution in [3.63, 3.8) is 0 Å². The molecule has 1 amide bonds. The lowest BCUT2D eigenvalue weighted by Gasteiger charge is -2.39. The summed E-state index contributed by atoms with van der Waals surface area (Å²) in [5, 5.41) is 9.23. The Kier molecular flexibility index (Phi) is 4.66. The molecule has 0 saturated heterocycles. The summed E-state index contributed by atoms with van der Waals surface area (Å²) in [6.07, 6.45) is 10.4. The van der Waals surface area contributed by atoms with Crippen molar-refractivity contribution >= 4 is 5.91 Å². The standard InChI is InChI=1S/C15H27NO2/c1-15(9-5-2-6-10-15)14(18)16(11-12-17)13-7-3-4-8-13/h13,17H,2-12H2,1H3. The van der Waals surface area contributed by atoms with Gasteiger partial charge < -0.3 is 10.0 Å². The van der Waals surface area contributed by atoms with Gasteiger partial charge in [-0.15, -0.1) is 0 Å². The van der Waals surface area contributed by atoms with E-state index in [2.05, 4.69) is 6.92 Å². The minimum absolute atomic E-state index is 0.0956. The van der Waals surface area contributed by atoms with Crippen molar-refractivity contribution < 1.29 is 9.90 Å². The maximum atomic E-state index is 12.8. The number of carbonyl (C=O) groups excluding carboxylic acids is 1. The number of nitrogens with zero attached hydrogens (tertiary/aromatic N) is 1. The van der Waals surface area contributed by atoms with Crippen LogP contribution in [-0.4, -0.2) is 35.1 Å². The van der Waals surface area contributed by atoms with Crippen molar-refractivity contribution in [2.45, 2.75) is 70.8 Å². The van der Waals surface area contributed by atoms with Crippen LogP contribution in [0.25, 0.3) is 0 Å². The molecule has 2 aliphatic carbocycles. The summed E-state index contributed by atoms with van der Waals surface area (Å²) in [5.74, 6) is 0.308. The van der Waals surface area contributed by atoms with Gasteiger partial charge in [-0.3, -0.25) is 4.79 Å². The Morgan fingerprint density at radius 2 is 1.78 bits per heavy atom. The number of aliphatic hydroxyl groups is 1. The predicted octanol–water partition coefficient (Wildman–Crippen LogP) is 2.72. The molecule has 0 spiro atoms. The van der Waals surface area contributed by atoms with Gasteiger partial charge in [-0.2, -0.15) is 0 Å². The molecule has 3 nitrogen and oxygen atoms in total. The summed E-state index contributed by atoms with van der Waals surface area (Å²) in [4.78, 5) is 14.8. The van der Waals surface area contributed by atoms with Crippen LogP contribution in [0.5, 0.6) is 0 Å². The molecular formula is C15H27NO2. The Hall–Kier alpha value is -0.570. The average Bonchev–Trinajstić information content (AvgIpc) is 2.90. The zero-order valence-electron chi connectivity index (χ0n) is 11.7. The fraction of sp³-hybridized carbons (Fsp3) is 0.933. The van der Waals surface area contributed by atoms with Crippen LogP contribution in [-0.2, 0) is 4.79 Å². The van der Waals surface area contributed by atoms with Crippen LogP contribution in [0, 0.1) is 5.41 Å². The zero-order chi connectivity index (χ0) is 13.0. The Morgan fingerprint density at radius 3 is 2.33 bits per heavy atom. The van der Waals surface area contributed by atoms with Gasteiger partial charge in [0.15, 0.2) is 0 Å². The third-order valence-electron chi connectivity index (χ3n) is 4.84. The van der Waals surface area contributed by atoms with E-state index in [1.807, 2.05) is 4.90 Å². The van der Waals surface area contributed by atoms with Crippen LogP contribution >= 0.6 is 0 Å². The normalized spacial score (nSPS) is 24.1. The first-order valence-corrected chi connectivity index (χ1v) is 7.59. The fourth-order valence-electron chi connectivity index (χ4n) is 3.67. The predicted molar refractivity (Wildman–Crippen MR) is 72.2 cm³/mol. The smallest absolute Gasteiger partial charge is 0.228 e. The molecule has 2 rings (SSSR count). The lowest BCUT2D eigenvalue weighted by Crippen LogP contribution is -2.48. The maximum Gasteiger partial charge on any atom is 0.228 e. The SMILES string of the molecule is CC1(C(=O)N(CCO)C2CCCC2)CCCCC1. The van der Waals surface area contributed by atoms with Gasteiger partial charge in [-0.1, -0.05) is 39.0 Å². The highest BCUT2D eigenvalue weighted by atomic mass is 16.3. The van der Waals surface area contributed by atoms with Gasteiger partial charge in [-0.05, 0) is 25.7 Å². The van der Waals surface area contributed by atoms with Crippen LogP contribution in [0.4, 0.5) is 0 Å². The van der Waals surface area contributed by atoms with Crippen LogP contribution in [0.1, 0.15) is 64.7 Å². The Bertz CT molecular complexity index is 278. The highest BCUT2D eigenvalue weighted by Crippen LogP contribution is 2.39. The van der Waals surface area contributed by atoms with Crippen LogP contribution in [0.2, 0.25) is 0 Å². The summed E-state index contributed by atoms with van der Waals surface area (Å²) >= 11 is 0. The second-order valence-corrected chi connectivity index (χ2v) is 6.28. The maximum absolute atomic E-state index is 12.8. The Labute approximate surface area is 111 Å². The highest BCUT2D eigenvalue weighted by molar-refractivity contribution is 5.82. The summed E-state index contributed by atoms with van der Waals surface area (Å²) in [7, 11) is 0. The summed E-state index contributed by atoms with van der Waals surface area (Å²) in [5.41, 5.74) is -0.157. The molecule has 1 N–H and O–H groups in total. The minimum Gasteiger partial charge on any atom is -0.395 e. The summed E-state index contributed by atoms with van der Waals surface area (Å²) < 4.78 is 0.